The number of carbonyl (C=O) groups is 1. The Balaban J connectivity index is 1.79. The van der Waals surface area contributed by atoms with Gasteiger partial charge < -0.3 is 9.64 Å². The van der Waals surface area contributed by atoms with Crippen molar-refractivity contribution < 1.29 is 9.53 Å². The summed E-state index contributed by atoms with van der Waals surface area (Å²) in [5.41, 5.74) is 2.63. The first-order chi connectivity index (χ1) is 12.8. The van der Waals surface area contributed by atoms with Gasteiger partial charge in [0.15, 0.2) is 0 Å². The fraction of sp³-hybridized carbons (Fsp3) is 0.318. The lowest BCUT2D eigenvalue weighted by atomic mass is 9.63. The largest absolute Gasteiger partial charge is 0.419 e. The van der Waals surface area contributed by atoms with Crippen LogP contribution in [-0.4, -0.2) is 35.1 Å². The molecule has 2 fully saturated rings. The average Bonchev–Trinajstić information content (AvgIpc) is 3.14. The van der Waals surface area contributed by atoms with E-state index in [0.29, 0.717) is 17.7 Å². The zero-order valence-corrected chi connectivity index (χ0v) is 15.5. The summed E-state index contributed by atoms with van der Waals surface area (Å²) >= 11 is 1.99. The number of benzene rings is 2. The second-order valence-corrected chi connectivity index (χ2v) is 8.27. The molecule has 0 aromatic heterocycles. The molecule has 2 aromatic carbocycles. The Kier molecular flexibility index (Phi) is 4.77. The molecule has 0 spiro atoms. The molecule has 2 heterocycles. The van der Waals surface area contributed by atoms with Gasteiger partial charge in [-0.25, -0.2) is 4.79 Å². The number of nitrogens with zero attached hydrogens (tertiary/aromatic N) is 1. The molecule has 1 amide bonds. The van der Waals surface area contributed by atoms with Crippen molar-refractivity contribution in [2.75, 3.05) is 18.8 Å². The van der Waals surface area contributed by atoms with E-state index in [1.807, 2.05) is 16.7 Å². The summed E-state index contributed by atoms with van der Waals surface area (Å²) in [5, 5.41) is 0.418. The highest BCUT2D eigenvalue weighted by molar-refractivity contribution is 8.00. The number of rotatable bonds is 3. The van der Waals surface area contributed by atoms with Gasteiger partial charge >= 0.3 is 6.09 Å². The van der Waals surface area contributed by atoms with E-state index in [0.717, 1.165) is 18.7 Å². The van der Waals surface area contributed by atoms with Crippen molar-refractivity contribution in [2.24, 2.45) is 5.92 Å². The van der Waals surface area contributed by atoms with Gasteiger partial charge in [0.25, 0.3) is 0 Å². The number of hydrogen-bond acceptors (Lipinski definition) is 3. The van der Waals surface area contributed by atoms with E-state index in [4.69, 9.17) is 4.74 Å². The minimum absolute atomic E-state index is 0.0678. The number of thioether (sulfide) groups is 1. The summed E-state index contributed by atoms with van der Waals surface area (Å²) in [6.07, 6.45) is 2.01. The molecule has 134 valence electrons. The number of likely N-dealkylation sites (tertiary alicyclic amines) is 1. The first-order valence-corrected chi connectivity index (χ1v) is 10.1. The zero-order valence-electron chi connectivity index (χ0n) is 14.7. The molecule has 0 bridgehead atoms. The van der Waals surface area contributed by atoms with Crippen molar-refractivity contribution >= 4 is 17.9 Å². The Morgan fingerprint density at radius 1 is 1.08 bits per heavy atom. The molecule has 0 N–H and O–H groups in total. The Morgan fingerprint density at radius 3 is 2.27 bits per heavy atom. The molecule has 2 aromatic rings. The lowest BCUT2D eigenvalue weighted by Crippen LogP contribution is -2.45. The highest BCUT2D eigenvalue weighted by Crippen LogP contribution is 2.53. The third kappa shape index (κ3) is 2.82. The van der Waals surface area contributed by atoms with Crippen LogP contribution in [0.25, 0.3) is 0 Å². The van der Waals surface area contributed by atoms with Crippen molar-refractivity contribution in [3.63, 3.8) is 0 Å². The minimum atomic E-state index is -0.287. The van der Waals surface area contributed by atoms with E-state index in [-0.39, 0.29) is 11.5 Å². The molecule has 0 saturated carbocycles. The standard InChI is InChI=1S/C22H23NO2S/c1-2-25-21(24)23-15-19-20(16-23)26-14-13-22(19,17-9-5-3-6-10-17)18-11-7-4-8-12-18/h2-12,19-20H,1,13-16H2. The summed E-state index contributed by atoms with van der Waals surface area (Å²) in [4.78, 5) is 14.1. The third-order valence-electron chi connectivity index (χ3n) is 5.75. The molecule has 4 heteroatoms. The topological polar surface area (TPSA) is 29.5 Å². The monoisotopic (exact) mass is 365 g/mol. The van der Waals surface area contributed by atoms with E-state index in [9.17, 15) is 4.79 Å². The molecule has 0 radical (unpaired) electrons. The van der Waals surface area contributed by atoms with Crippen LogP contribution in [0.5, 0.6) is 0 Å². The first-order valence-electron chi connectivity index (χ1n) is 9.05. The number of ether oxygens (including phenoxy) is 1. The summed E-state index contributed by atoms with van der Waals surface area (Å²) < 4.78 is 5.05. The van der Waals surface area contributed by atoms with Crippen LogP contribution in [-0.2, 0) is 10.2 Å². The lowest BCUT2D eigenvalue weighted by Gasteiger charge is -2.46. The Bertz CT molecular complexity index is 738. The number of fused-ring (bicyclic) bond motifs is 1. The molecule has 3 nitrogen and oxygen atoms in total. The van der Waals surface area contributed by atoms with Crippen LogP contribution in [0.15, 0.2) is 73.5 Å². The van der Waals surface area contributed by atoms with Crippen LogP contribution >= 0.6 is 11.8 Å². The summed E-state index contributed by atoms with van der Waals surface area (Å²) in [7, 11) is 0. The molecule has 4 rings (SSSR count). The highest BCUT2D eigenvalue weighted by Gasteiger charge is 2.52. The van der Waals surface area contributed by atoms with Crippen molar-refractivity contribution in [2.45, 2.75) is 17.1 Å². The van der Waals surface area contributed by atoms with Gasteiger partial charge in [-0.2, -0.15) is 11.8 Å². The zero-order chi connectivity index (χ0) is 18.0. The van der Waals surface area contributed by atoms with Crippen molar-refractivity contribution in [1.29, 1.82) is 0 Å². The summed E-state index contributed by atoms with van der Waals surface area (Å²) in [6.45, 7) is 4.97. The van der Waals surface area contributed by atoms with Crippen LogP contribution in [0.4, 0.5) is 4.79 Å². The quantitative estimate of drug-likeness (QED) is 0.739. The van der Waals surface area contributed by atoms with Crippen LogP contribution < -0.4 is 0 Å². The molecule has 0 aliphatic carbocycles. The third-order valence-corrected chi connectivity index (χ3v) is 7.09. The van der Waals surface area contributed by atoms with Crippen LogP contribution in [0.1, 0.15) is 17.5 Å². The van der Waals surface area contributed by atoms with E-state index < -0.39 is 0 Å². The van der Waals surface area contributed by atoms with Gasteiger partial charge in [-0.05, 0) is 23.3 Å². The van der Waals surface area contributed by atoms with Gasteiger partial charge in [-0.3, -0.25) is 0 Å². The fourth-order valence-electron chi connectivity index (χ4n) is 4.62. The van der Waals surface area contributed by atoms with E-state index >= 15 is 0 Å². The van der Waals surface area contributed by atoms with Gasteiger partial charge in [0, 0.05) is 29.7 Å². The molecule has 2 aliphatic heterocycles. The van der Waals surface area contributed by atoms with Crippen molar-refractivity contribution in [3.8, 4) is 0 Å². The van der Waals surface area contributed by atoms with Crippen LogP contribution in [0.2, 0.25) is 0 Å². The number of carbonyl (C=O) groups excluding carboxylic acids is 1. The van der Waals surface area contributed by atoms with E-state index in [1.54, 1.807) is 0 Å². The van der Waals surface area contributed by atoms with Gasteiger partial charge in [0.05, 0.1) is 6.26 Å². The average molecular weight is 365 g/mol. The predicted octanol–water partition coefficient (Wildman–Crippen LogP) is 4.69. The van der Waals surface area contributed by atoms with E-state index in [1.165, 1.54) is 17.4 Å². The molecule has 26 heavy (non-hydrogen) atoms. The van der Waals surface area contributed by atoms with Gasteiger partial charge in [0.2, 0.25) is 0 Å². The Hall–Kier alpha value is -2.20. The molecule has 2 unspecified atom stereocenters. The number of amides is 1. The second-order valence-electron chi connectivity index (χ2n) is 6.92. The fourth-order valence-corrected chi connectivity index (χ4v) is 6.20. The van der Waals surface area contributed by atoms with Gasteiger partial charge in [0.1, 0.15) is 0 Å². The molecular weight excluding hydrogens is 342 g/mol. The van der Waals surface area contributed by atoms with Gasteiger partial charge in [-0.15, -0.1) is 0 Å². The first kappa shape index (κ1) is 17.2. The van der Waals surface area contributed by atoms with Crippen molar-refractivity contribution in [3.05, 3.63) is 84.6 Å². The summed E-state index contributed by atoms with van der Waals surface area (Å²) in [5.74, 6) is 1.46. The van der Waals surface area contributed by atoms with E-state index in [2.05, 4.69) is 67.2 Å². The molecule has 2 aliphatic rings. The molecule has 2 saturated heterocycles. The van der Waals surface area contributed by atoms with Gasteiger partial charge in [-0.1, -0.05) is 67.2 Å². The number of hydrogen-bond donors (Lipinski definition) is 0. The van der Waals surface area contributed by atoms with Crippen LogP contribution in [0.3, 0.4) is 0 Å². The minimum Gasteiger partial charge on any atom is -0.419 e. The normalized spacial score (nSPS) is 23.9. The Labute approximate surface area is 159 Å². The maximum absolute atomic E-state index is 12.3. The SMILES string of the molecule is C=COC(=O)N1CC2SCCC(c3ccccc3)(c3ccccc3)C2C1. The smallest absolute Gasteiger partial charge is 0.414 e. The molecular formula is C22H23NO2S. The highest BCUT2D eigenvalue weighted by atomic mass is 32.2. The van der Waals surface area contributed by atoms with Crippen LogP contribution in [0, 0.1) is 5.92 Å². The lowest BCUT2D eigenvalue weighted by molar-refractivity contribution is 0.143. The Morgan fingerprint density at radius 2 is 1.69 bits per heavy atom. The molecule has 2 atom stereocenters. The summed E-state index contributed by atoms with van der Waals surface area (Å²) in [6, 6.07) is 21.6. The maximum Gasteiger partial charge on any atom is 0.414 e. The predicted molar refractivity (Wildman–Crippen MR) is 106 cm³/mol. The second kappa shape index (κ2) is 7.20. The maximum atomic E-state index is 12.3. The van der Waals surface area contributed by atoms with Crippen molar-refractivity contribution in [1.82, 2.24) is 4.90 Å².